The van der Waals surface area contributed by atoms with Gasteiger partial charge in [0, 0.05) is 6.20 Å². The van der Waals surface area contributed by atoms with Crippen molar-refractivity contribution in [1.29, 1.82) is 0 Å². The fraction of sp³-hybridized carbons (Fsp3) is 0. The molecule has 1 amide bonds. The first kappa shape index (κ1) is 10.2. The summed E-state index contributed by atoms with van der Waals surface area (Å²) in [6, 6.07) is 0. The molecule has 1 aliphatic rings. The summed E-state index contributed by atoms with van der Waals surface area (Å²) in [4.78, 5) is 10.8. The summed E-state index contributed by atoms with van der Waals surface area (Å²) in [7, 11) is 0. The van der Waals surface area contributed by atoms with Crippen molar-refractivity contribution in [3.8, 4) is 0 Å². The van der Waals surface area contributed by atoms with Crippen molar-refractivity contribution in [3.05, 3.63) is 48.2 Å². The van der Waals surface area contributed by atoms with Crippen LogP contribution in [0.25, 0.3) is 5.82 Å². The Morgan fingerprint density at radius 1 is 1.44 bits per heavy atom. The lowest BCUT2D eigenvalue weighted by atomic mass is 10.4. The summed E-state index contributed by atoms with van der Waals surface area (Å²) in [6.07, 6.45) is 9.78. The molecule has 0 saturated carbocycles. The van der Waals surface area contributed by atoms with Gasteiger partial charge in [0.15, 0.2) is 11.5 Å². The van der Waals surface area contributed by atoms with Crippen LogP contribution in [-0.2, 0) is 0 Å². The van der Waals surface area contributed by atoms with E-state index in [0.717, 1.165) is 6.20 Å². The van der Waals surface area contributed by atoms with Gasteiger partial charge in [-0.3, -0.25) is 4.79 Å². The number of halogens is 1. The highest BCUT2D eigenvalue weighted by atomic mass is 19.1. The molecule has 0 spiro atoms. The molecule has 16 heavy (non-hydrogen) atoms. The lowest BCUT2D eigenvalue weighted by Gasteiger charge is -2.04. The molecule has 2 heterocycles. The number of nitrogens with one attached hydrogen (secondary N) is 1. The topological polar surface area (TPSA) is 72.9 Å². The molecule has 0 bridgehead atoms. The molecule has 0 aliphatic carbocycles. The Kier molecular flexibility index (Phi) is 2.55. The van der Waals surface area contributed by atoms with E-state index in [-0.39, 0.29) is 5.69 Å². The van der Waals surface area contributed by atoms with Crippen molar-refractivity contribution in [2.24, 2.45) is 5.73 Å². The number of hydrogen-bond donors (Lipinski definition) is 2. The van der Waals surface area contributed by atoms with Crippen molar-refractivity contribution in [2.75, 3.05) is 0 Å². The predicted molar refractivity (Wildman–Crippen MR) is 56.4 cm³/mol. The third-order valence-corrected chi connectivity index (χ3v) is 1.95. The van der Waals surface area contributed by atoms with Crippen LogP contribution in [0.4, 0.5) is 4.39 Å². The van der Waals surface area contributed by atoms with Crippen LogP contribution in [0, 0.1) is 5.82 Å². The minimum Gasteiger partial charge on any atom is -0.364 e. The lowest BCUT2D eigenvalue weighted by Crippen LogP contribution is -2.15. The summed E-state index contributed by atoms with van der Waals surface area (Å²) >= 11 is 0. The van der Waals surface area contributed by atoms with Crippen molar-refractivity contribution < 1.29 is 9.18 Å². The van der Waals surface area contributed by atoms with Gasteiger partial charge in [-0.1, -0.05) is 12.2 Å². The maximum Gasteiger partial charge on any atom is 0.272 e. The van der Waals surface area contributed by atoms with E-state index in [1.807, 2.05) is 0 Å². The zero-order chi connectivity index (χ0) is 11.5. The number of nitrogens with two attached hydrogens (primary N) is 1. The molecule has 5 nitrogen and oxygen atoms in total. The van der Waals surface area contributed by atoms with Gasteiger partial charge in [0.05, 0.1) is 6.20 Å². The van der Waals surface area contributed by atoms with Gasteiger partial charge in [-0.15, -0.1) is 0 Å². The number of hydrogen-bond acceptors (Lipinski definition) is 3. The zero-order valence-corrected chi connectivity index (χ0v) is 8.22. The molecule has 0 saturated heterocycles. The van der Waals surface area contributed by atoms with Crippen molar-refractivity contribution >= 4 is 11.7 Å². The highest BCUT2D eigenvalue weighted by Crippen LogP contribution is 2.08. The molecule has 2 rings (SSSR count). The Balaban J connectivity index is 2.38. The number of rotatable bonds is 2. The molecule has 1 aromatic heterocycles. The Labute approximate surface area is 90.7 Å². The highest BCUT2D eigenvalue weighted by Gasteiger charge is 2.15. The van der Waals surface area contributed by atoms with Gasteiger partial charge in [0.25, 0.3) is 5.91 Å². The average molecular weight is 220 g/mol. The quantitative estimate of drug-likeness (QED) is 0.766. The van der Waals surface area contributed by atoms with Gasteiger partial charge in [0.1, 0.15) is 5.82 Å². The van der Waals surface area contributed by atoms with Gasteiger partial charge in [0.2, 0.25) is 0 Å². The van der Waals surface area contributed by atoms with Gasteiger partial charge in [-0.2, -0.15) is 5.10 Å². The third-order valence-electron chi connectivity index (χ3n) is 1.95. The number of carbonyl (C=O) groups is 1. The van der Waals surface area contributed by atoms with E-state index in [2.05, 4.69) is 10.4 Å². The molecule has 0 radical (unpaired) electrons. The Bertz CT molecular complexity index is 513. The zero-order valence-electron chi connectivity index (χ0n) is 8.22. The molecule has 0 aromatic carbocycles. The molecule has 1 aromatic rings. The molecular weight excluding hydrogens is 211 g/mol. The minimum atomic E-state index is -0.892. The second kappa shape index (κ2) is 4.01. The van der Waals surface area contributed by atoms with E-state index in [1.165, 1.54) is 4.68 Å². The number of nitrogens with zero attached hydrogens (tertiary/aromatic N) is 2. The minimum absolute atomic E-state index is 0.375. The summed E-state index contributed by atoms with van der Waals surface area (Å²) in [5, 5.41) is 6.62. The molecule has 0 unspecified atom stereocenters. The van der Waals surface area contributed by atoms with Gasteiger partial charge >= 0.3 is 0 Å². The third kappa shape index (κ3) is 1.85. The van der Waals surface area contributed by atoms with Crippen LogP contribution < -0.4 is 11.1 Å². The normalized spacial score (nSPS) is 14.2. The van der Waals surface area contributed by atoms with E-state index < -0.39 is 11.7 Å². The number of allylic oxidation sites excluding steroid dienone is 4. The molecule has 0 atom stereocenters. The summed E-state index contributed by atoms with van der Waals surface area (Å²) in [5.41, 5.74) is 4.59. The van der Waals surface area contributed by atoms with Crippen molar-refractivity contribution in [2.45, 2.75) is 0 Å². The summed E-state index contributed by atoms with van der Waals surface area (Å²) < 4.78 is 14.5. The maximum atomic E-state index is 13.2. The van der Waals surface area contributed by atoms with Gasteiger partial charge in [-0.25, -0.2) is 9.07 Å². The second-order valence-corrected chi connectivity index (χ2v) is 3.07. The Hall–Kier alpha value is -2.37. The Morgan fingerprint density at radius 2 is 2.25 bits per heavy atom. The molecule has 1 aliphatic heterocycles. The van der Waals surface area contributed by atoms with Crippen LogP contribution in [0.2, 0.25) is 0 Å². The van der Waals surface area contributed by atoms with Crippen LogP contribution in [0.15, 0.2) is 36.7 Å². The van der Waals surface area contributed by atoms with Crippen LogP contribution in [0.3, 0.4) is 0 Å². The predicted octanol–water partition coefficient (Wildman–Crippen LogP) is 0.593. The molecule has 82 valence electrons. The maximum absolute atomic E-state index is 13.2. The fourth-order valence-electron chi connectivity index (χ4n) is 1.23. The standard InChI is InChI=1S/C10H9FN4O/c11-7-6-15(14-9(7)10(12)16)8-4-2-1-3-5-13-8/h1-6,13H,(H2,12,16). The summed E-state index contributed by atoms with van der Waals surface area (Å²) in [6.45, 7) is 0. The smallest absolute Gasteiger partial charge is 0.272 e. The molecule has 0 fully saturated rings. The lowest BCUT2D eigenvalue weighted by molar-refractivity contribution is 0.0991. The van der Waals surface area contributed by atoms with E-state index in [0.29, 0.717) is 5.82 Å². The van der Waals surface area contributed by atoms with Crippen LogP contribution in [0.1, 0.15) is 10.5 Å². The number of carbonyl (C=O) groups excluding carboxylic acids is 1. The van der Waals surface area contributed by atoms with E-state index in [1.54, 1.807) is 30.5 Å². The van der Waals surface area contributed by atoms with E-state index >= 15 is 0 Å². The van der Waals surface area contributed by atoms with E-state index in [4.69, 9.17) is 5.73 Å². The Morgan fingerprint density at radius 3 is 2.94 bits per heavy atom. The average Bonchev–Trinajstić information content (AvgIpc) is 2.50. The molecule has 6 heteroatoms. The van der Waals surface area contributed by atoms with Gasteiger partial charge < -0.3 is 11.1 Å². The molecule has 3 N–H and O–H groups in total. The first-order valence-corrected chi connectivity index (χ1v) is 4.54. The van der Waals surface area contributed by atoms with Crippen LogP contribution in [0.5, 0.6) is 0 Å². The number of aromatic nitrogens is 2. The highest BCUT2D eigenvalue weighted by molar-refractivity contribution is 5.91. The van der Waals surface area contributed by atoms with E-state index in [9.17, 15) is 9.18 Å². The number of amides is 1. The largest absolute Gasteiger partial charge is 0.364 e. The van der Waals surface area contributed by atoms with Crippen LogP contribution in [-0.4, -0.2) is 15.7 Å². The van der Waals surface area contributed by atoms with Gasteiger partial charge in [-0.05, 0) is 12.2 Å². The number of primary amides is 1. The fourth-order valence-corrected chi connectivity index (χ4v) is 1.23. The first-order chi connectivity index (χ1) is 7.68. The van der Waals surface area contributed by atoms with Crippen LogP contribution >= 0.6 is 0 Å². The van der Waals surface area contributed by atoms with Crippen molar-refractivity contribution in [1.82, 2.24) is 15.1 Å². The summed E-state index contributed by atoms with van der Waals surface area (Å²) in [5.74, 6) is -1.11. The monoisotopic (exact) mass is 220 g/mol. The first-order valence-electron chi connectivity index (χ1n) is 4.54. The van der Waals surface area contributed by atoms with Crippen molar-refractivity contribution in [3.63, 3.8) is 0 Å². The SMILES string of the molecule is NC(=O)c1nn(C2=CC=CC=CN2)cc1F. The second-order valence-electron chi connectivity index (χ2n) is 3.07. The molecular formula is C10H9FN4O.